The van der Waals surface area contributed by atoms with Gasteiger partial charge in [0, 0.05) is 31.2 Å². The standard InChI is InChI=1S/C26H42N4O/c1-5-13-29-14-11-24(12-15-29)30-19-23(17-25(30)26(31)28-20(2)3)27-18-21(4)16-22-9-7-6-8-10-22/h6-10,16,20,23-25,27H,5,11-15,17-19H2,1-4H3,(H,28,31)/b21-16+/t23-,25+/m1/s1. The topological polar surface area (TPSA) is 47.6 Å². The Balaban J connectivity index is 1.60. The van der Waals surface area contributed by atoms with E-state index in [1.165, 1.54) is 36.9 Å². The number of carbonyl (C=O) groups is 1. The van der Waals surface area contributed by atoms with Crippen LogP contribution in [0.4, 0.5) is 0 Å². The molecule has 2 aliphatic heterocycles. The maximum Gasteiger partial charge on any atom is 0.237 e. The minimum Gasteiger partial charge on any atom is -0.353 e. The zero-order valence-corrected chi connectivity index (χ0v) is 19.9. The highest BCUT2D eigenvalue weighted by atomic mass is 16.2. The zero-order chi connectivity index (χ0) is 22.2. The normalized spacial score (nSPS) is 24.1. The molecule has 5 nitrogen and oxygen atoms in total. The lowest BCUT2D eigenvalue weighted by atomic mass is 10.0. The molecule has 0 aromatic heterocycles. The highest BCUT2D eigenvalue weighted by molar-refractivity contribution is 5.82. The number of piperidine rings is 1. The number of carbonyl (C=O) groups excluding carboxylic acids is 1. The van der Waals surface area contributed by atoms with Gasteiger partial charge in [-0.15, -0.1) is 0 Å². The lowest BCUT2D eigenvalue weighted by Gasteiger charge is -2.39. The molecule has 3 rings (SSSR count). The smallest absolute Gasteiger partial charge is 0.237 e. The second-order valence-electron chi connectivity index (χ2n) is 9.66. The molecular weight excluding hydrogens is 384 g/mol. The van der Waals surface area contributed by atoms with Gasteiger partial charge in [-0.2, -0.15) is 0 Å². The summed E-state index contributed by atoms with van der Waals surface area (Å²) < 4.78 is 0. The summed E-state index contributed by atoms with van der Waals surface area (Å²) in [5, 5.41) is 6.91. The maximum absolute atomic E-state index is 13.0. The molecule has 1 aromatic rings. The van der Waals surface area contributed by atoms with Crippen molar-refractivity contribution in [3.8, 4) is 0 Å². The lowest BCUT2D eigenvalue weighted by molar-refractivity contribution is -0.127. The highest BCUT2D eigenvalue weighted by Crippen LogP contribution is 2.27. The Kier molecular flexibility index (Phi) is 9.12. The SMILES string of the molecule is CCCN1CCC(N2C[C@H](NC/C(C)=C/c3ccccc3)C[C@H]2C(=O)NC(C)C)CC1. The van der Waals surface area contributed by atoms with Crippen molar-refractivity contribution in [2.24, 2.45) is 0 Å². The van der Waals surface area contributed by atoms with Gasteiger partial charge >= 0.3 is 0 Å². The summed E-state index contributed by atoms with van der Waals surface area (Å²) >= 11 is 0. The van der Waals surface area contributed by atoms with E-state index in [9.17, 15) is 4.79 Å². The van der Waals surface area contributed by atoms with Crippen molar-refractivity contribution in [2.45, 2.75) is 77.5 Å². The fourth-order valence-corrected chi connectivity index (χ4v) is 5.03. The van der Waals surface area contributed by atoms with Crippen LogP contribution in [0.1, 0.15) is 58.9 Å². The molecule has 2 N–H and O–H groups in total. The van der Waals surface area contributed by atoms with E-state index in [1.807, 2.05) is 19.9 Å². The number of benzene rings is 1. The van der Waals surface area contributed by atoms with Crippen LogP contribution in [0.25, 0.3) is 6.08 Å². The van der Waals surface area contributed by atoms with E-state index in [0.29, 0.717) is 12.1 Å². The molecule has 2 saturated heterocycles. The lowest BCUT2D eigenvalue weighted by Crippen LogP contribution is -2.52. The number of hydrogen-bond acceptors (Lipinski definition) is 4. The van der Waals surface area contributed by atoms with Gasteiger partial charge in [-0.3, -0.25) is 9.69 Å². The molecule has 172 valence electrons. The predicted molar refractivity (Wildman–Crippen MR) is 130 cm³/mol. The van der Waals surface area contributed by atoms with Gasteiger partial charge < -0.3 is 15.5 Å². The average molecular weight is 427 g/mol. The Hall–Kier alpha value is -1.69. The second-order valence-corrected chi connectivity index (χ2v) is 9.66. The number of hydrogen-bond donors (Lipinski definition) is 2. The number of amides is 1. The third-order valence-corrected chi connectivity index (χ3v) is 6.52. The molecule has 0 aliphatic carbocycles. The van der Waals surface area contributed by atoms with Crippen molar-refractivity contribution in [1.29, 1.82) is 0 Å². The molecule has 0 unspecified atom stereocenters. The molecule has 2 aliphatic rings. The summed E-state index contributed by atoms with van der Waals surface area (Å²) in [7, 11) is 0. The van der Waals surface area contributed by atoms with E-state index < -0.39 is 0 Å². The third-order valence-electron chi connectivity index (χ3n) is 6.52. The first-order valence-electron chi connectivity index (χ1n) is 12.2. The van der Waals surface area contributed by atoms with Crippen molar-refractivity contribution in [3.05, 3.63) is 41.5 Å². The minimum atomic E-state index is -0.0129. The molecule has 2 fully saturated rings. The second kappa shape index (κ2) is 11.8. The van der Waals surface area contributed by atoms with Crippen LogP contribution in [0, 0.1) is 0 Å². The molecule has 2 atom stereocenters. The van der Waals surface area contributed by atoms with Crippen molar-refractivity contribution in [2.75, 3.05) is 32.7 Å². The zero-order valence-electron chi connectivity index (χ0n) is 19.9. The summed E-state index contributed by atoms with van der Waals surface area (Å²) in [5.74, 6) is 0.201. The van der Waals surface area contributed by atoms with Gasteiger partial charge in [0.2, 0.25) is 5.91 Å². The quantitative estimate of drug-likeness (QED) is 0.634. The summed E-state index contributed by atoms with van der Waals surface area (Å²) in [4.78, 5) is 18.1. The van der Waals surface area contributed by atoms with Crippen LogP contribution in [-0.2, 0) is 4.79 Å². The van der Waals surface area contributed by atoms with E-state index in [1.54, 1.807) is 0 Å². The van der Waals surface area contributed by atoms with Gasteiger partial charge in [0.1, 0.15) is 0 Å². The molecule has 31 heavy (non-hydrogen) atoms. The average Bonchev–Trinajstić information content (AvgIpc) is 3.18. The first kappa shape index (κ1) is 24.0. The molecule has 2 heterocycles. The van der Waals surface area contributed by atoms with Crippen LogP contribution in [0.2, 0.25) is 0 Å². The molecule has 1 aromatic carbocycles. The van der Waals surface area contributed by atoms with Crippen LogP contribution in [-0.4, -0.2) is 72.6 Å². The Morgan fingerprint density at radius 2 is 1.90 bits per heavy atom. The first-order valence-corrected chi connectivity index (χ1v) is 12.2. The Labute approximate surface area is 189 Å². The number of likely N-dealkylation sites (tertiary alicyclic amines) is 2. The summed E-state index contributed by atoms with van der Waals surface area (Å²) in [6, 6.07) is 11.5. The monoisotopic (exact) mass is 426 g/mol. The summed E-state index contributed by atoms with van der Waals surface area (Å²) in [6.45, 7) is 13.9. The Bertz CT molecular complexity index is 709. The van der Waals surface area contributed by atoms with Gasteiger partial charge in [-0.1, -0.05) is 48.9 Å². The molecular formula is C26H42N4O. The third kappa shape index (κ3) is 7.16. The maximum atomic E-state index is 13.0. The number of nitrogens with zero attached hydrogens (tertiary/aromatic N) is 2. The van der Waals surface area contributed by atoms with Gasteiger partial charge in [-0.25, -0.2) is 0 Å². The number of nitrogens with one attached hydrogen (secondary N) is 2. The molecule has 5 heteroatoms. The van der Waals surface area contributed by atoms with Crippen LogP contribution in [0.15, 0.2) is 35.9 Å². The van der Waals surface area contributed by atoms with Crippen molar-refractivity contribution < 1.29 is 4.79 Å². The van der Waals surface area contributed by atoms with E-state index in [0.717, 1.165) is 32.6 Å². The van der Waals surface area contributed by atoms with Crippen LogP contribution < -0.4 is 10.6 Å². The van der Waals surface area contributed by atoms with E-state index in [2.05, 4.69) is 64.6 Å². The Morgan fingerprint density at radius 1 is 1.19 bits per heavy atom. The fraction of sp³-hybridized carbons (Fsp3) is 0.654. The predicted octanol–water partition coefficient (Wildman–Crippen LogP) is 3.52. The first-order chi connectivity index (χ1) is 15.0. The largest absolute Gasteiger partial charge is 0.353 e. The van der Waals surface area contributed by atoms with Crippen molar-refractivity contribution >= 4 is 12.0 Å². The van der Waals surface area contributed by atoms with Crippen LogP contribution in [0.3, 0.4) is 0 Å². The van der Waals surface area contributed by atoms with E-state index in [4.69, 9.17) is 0 Å². The summed E-state index contributed by atoms with van der Waals surface area (Å²) in [6.07, 6.45) is 6.70. The van der Waals surface area contributed by atoms with Crippen molar-refractivity contribution in [3.63, 3.8) is 0 Å². The van der Waals surface area contributed by atoms with E-state index in [-0.39, 0.29) is 18.0 Å². The van der Waals surface area contributed by atoms with Gasteiger partial charge in [0.15, 0.2) is 0 Å². The molecule has 0 radical (unpaired) electrons. The van der Waals surface area contributed by atoms with Gasteiger partial charge in [0.25, 0.3) is 0 Å². The van der Waals surface area contributed by atoms with Crippen LogP contribution >= 0.6 is 0 Å². The van der Waals surface area contributed by atoms with Crippen molar-refractivity contribution in [1.82, 2.24) is 20.4 Å². The van der Waals surface area contributed by atoms with Gasteiger partial charge in [-0.05, 0) is 71.7 Å². The highest BCUT2D eigenvalue weighted by Gasteiger charge is 2.41. The Morgan fingerprint density at radius 3 is 2.55 bits per heavy atom. The van der Waals surface area contributed by atoms with E-state index >= 15 is 0 Å². The summed E-state index contributed by atoms with van der Waals surface area (Å²) in [5.41, 5.74) is 2.56. The van der Waals surface area contributed by atoms with Crippen LogP contribution in [0.5, 0.6) is 0 Å². The molecule has 0 bridgehead atoms. The fourth-order valence-electron chi connectivity index (χ4n) is 5.03. The minimum absolute atomic E-state index is 0.0129. The molecule has 0 saturated carbocycles. The van der Waals surface area contributed by atoms with Gasteiger partial charge in [0.05, 0.1) is 6.04 Å². The number of rotatable bonds is 9. The molecule has 0 spiro atoms. The molecule has 1 amide bonds.